The Hall–Kier alpha value is -3.80. The summed E-state index contributed by atoms with van der Waals surface area (Å²) in [6, 6.07) is 21.5. The van der Waals surface area contributed by atoms with Crippen molar-refractivity contribution in [2.24, 2.45) is 0 Å². The van der Waals surface area contributed by atoms with Crippen LogP contribution in [0.1, 0.15) is 45.8 Å². The molecule has 2 heterocycles. The van der Waals surface area contributed by atoms with Gasteiger partial charge in [0.25, 0.3) is 5.91 Å². The fraction of sp³-hybridized carbons (Fsp3) is 0.231. The lowest BCUT2D eigenvalue weighted by molar-refractivity contribution is 0.0992. The molecule has 0 fully saturated rings. The van der Waals surface area contributed by atoms with Gasteiger partial charge in [-0.15, -0.1) is 0 Å². The number of carbonyl (C=O) groups excluding carboxylic acids is 1. The number of nitrogens with zero attached hydrogens (tertiary/aromatic N) is 2. The molecule has 2 aromatic heterocycles. The zero-order chi connectivity index (χ0) is 22.5. The summed E-state index contributed by atoms with van der Waals surface area (Å²) in [4.78, 5) is 12.8. The van der Waals surface area contributed by atoms with E-state index in [4.69, 9.17) is 9.15 Å². The zero-order valence-corrected chi connectivity index (χ0v) is 18.6. The number of aromatic nitrogens is 2. The van der Waals surface area contributed by atoms with Crippen LogP contribution in [0, 0.1) is 13.8 Å². The average molecular weight is 430 g/mol. The van der Waals surface area contributed by atoms with Crippen LogP contribution >= 0.6 is 0 Å². The van der Waals surface area contributed by atoms with Crippen LogP contribution in [0.15, 0.2) is 71.1 Å². The SMILES string of the molecule is CCc1ccc(OCc2ccc(C(=O)Nc3c(C)nn(Cc4ccccc4)c3C)o2)cc1. The molecule has 0 bridgehead atoms. The molecule has 0 unspecified atom stereocenters. The second kappa shape index (κ2) is 9.56. The Morgan fingerprint density at radius 3 is 2.47 bits per heavy atom. The standard InChI is InChI=1S/C26H27N3O3/c1-4-20-10-12-22(13-11-20)31-17-23-14-15-24(32-23)26(30)27-25-18(2)28-29(19(25)3)16-21-8-6-5-7-9-21/h5-15H,4,16-17H2,1-3H3,(H,27,30). The molecule has 1 N–H and O–H groups in total. The monoisotopic (exact) mass is 429 g/mol. The first-order valence-electron chi connectivity index (χ1n) is 10.7. The lowest BCUT2D eigenvalue weighted by Crippen LogP contribution is -2.12. The highest BCUT2D eigenvalue weighted by atomic mass is 16.5. The van der Waals surface area contributed by atoms with Gasteiger partial charge in [0.1, 0.15) is 18.1 Å². The number of rotatable bonds is 8. The van der Waals surface area contributed by atoms with E-state index < -0.39 is 0 Å². The van der Waals surface area contributed by atoms with Crippen LogP contribution in [-0.2, 0) is 19.6 Å². The van der Waals surface area contributed by atoms with E-state index in [0.717, 1.165) is 29.1 Å². The summed E-state index contributed by atoms with van der Waals surface area (Å²) in [6.07, 6.45) is 0.987. The highest BCUT2D eigenvalue weighted by molar-refractivity contribution is 6.02. The summed E-state index contributed by atoms with van der Waals surface area (Å²) in [6.45, 7) is 6.85. The van der Waals surface area contributed by atoms with Gasteiger partial charge in [0.05, 0.1) is 23.6 Å². The molecule has 1 amide bonds. The Morgan fingerprint density at radius 1 is 1.00 bits per heavy atom. The van der Waals surface area contributed by atoms with Crippen molar-refractivity contribution in [2.45, 2.75) is 40.3 Å². The predicted molar refractivity (Wildman–Crippen MR) is 124 cm³/mol. The van der Waals surface area contributed by atoms with Crippen molar-refractivity contribution in [3.8, 4) is 5.75 Å². The molecule has 0 saturated heterocycles. The number of amides is 1. The van der Waals surface area contributed by atoms with Crippen LogP contribution in [0.3, 0.4) is 0 Å². The fourth-order valence-electron chi connectivity index (χ4n) is 3.52. The predicted octanol–water partition coefficient (Wildman–Crippen LogP) is 5.53. The molecule has 0 atom stereocenters. The van der Waals surface area contributed by atoms with E-state index in [0.29, 0.717) is 18.0 Å². The van der Waals surface area contributed by atoms with Gasteiger partial charge in [0.15, 0.2) is 5.76 Å². The van der Waals surface area contributed by atoms with E-state index in [9.17, 15) is 4.79 Å². The Balaban J connectivity index is 1.39. The Morgan fingerprint density at radius 2 is 1.75 bits per heavy atom. The number of hydrogen-bond acceptors (Lipinski definition) is 4. The van der Waals surface area contributed by atoms with Crippen molar-refractivity contribution >= 4 is 11.6 Å². The van der Waals surface area contributed by atoms with Crippen LogP contribution in [0.4, 0.5) is 5.69 Å². The molecule has 0 aliphatic heterocycles. The maximum Gasteiger partial charge on any atom is 0.291 e. The second-order valence-electron chi connectivity index (χ2n) is 7.70. The molecule has 164 valence electrons. The molecule has 0 aliphatic carbocycles. The Labute approximate surface area is 187 Å². The average Bonchev–Trinajstić information content (AvgIpc) is 3.39. The number of benzene rings is 2. The number of nitrogens with one attached hydrogen (secondary N) is 1. The molecule has 0 saturated carbocycles. The van der Waals surface area contributed by atoms with E-state index in [1.54, 1.807) is 12.1 Å². The van der Waals surface area contributed by atoms with E-state index in [1.807, 2.05) is 61.0 Å². The lowest BCUT2D eigenvalue weighted by Gasteiger charge is -2.07. The summed E-state index contributed by atoms with van der Waals surface area (Å²) in [7, 11) is 0. The maximum absolute atomic E-state index is 12.8. The van der Waals surface area contributed by atoms with E-state index in [2.05, 4.69) is 29.5 Å². The molecule has 32 heavy (non-hydrogen) atoms. The molecule has 0 spiro atoms. The highest BCUT2D eigenvalue weighted by Gasteiger charge is 2.18. The minimum atomic E-state index is -0.311. The van der Waals surface area contributed by atoms with Gasteiger partial charge < -0.3 is 14.5 Å². The number of furan rings is 1. The summed E-state index contributed by atoms with van der Waals surface area (Å²) in [5.74, 6) is 1.28. The normalized spacial score (nSPS) is 10.8. The third kappa shape index (κ3) is 4.91. The van der Waals surface area contributed by atoms with Crippen molar-refractivity contribution < 1.29 is 13.9 Å². The van der Waals surface area contributed by atoms with Crippen LogP contribution in [0.25, 0.3) is 0 Å². The molecule has 0 radical (unpaired) electrons. The largest absolute Gasteiger partial charge is 0.486 e. The van der Waals surface area contributed by atoms with Crippen LogP contribution in [0.5, 0.6) is 5.75 Å². The van der Waals surface area contributed by atoms with Gasteiger partial charge in [-0.25, -0.2) is 0 Å². The van der Waals surface area contributed by atoms with Crippen LogP contribution in [-0.4, -0.2) is 15.7 Å². The van der Waals surface area contributed by atoms with Gasteiger partial charge in [0.2, 0.25) is 0 Å². The molecule has 4 rings (SSSR count). The van der Waals surface area contributed by atoms with Crippen molar-refractivity contribution in [2.75, 3.05) is 5.32 Å². The number of ether oxygens (including phenoxy) is 1. The van der Waals surface area contributed by atoms with Gasteiger partial charge in [-0.2, -0.15) is 5.10 Å². The molecule has 2 aromatic carbocycles. The maximum atomic E-state index is 12.8. The van der Waals surface area contributed by atoms with Crippen LogP contribution < -0.4 is 10.1 Å². The first kappa shape index (κ1) is 21.4. The Bertz CT molecular complexity index is 1190. The fourth-order valence-corrected chi connectivity index (χ4v) is 3.52. The Kier molecular flexibility index (Phi) is 6.40. The van der Waals surface area contributed by atoms with Gasteiger partial charge in [-0.05, 0) is 55.7 Å². The molecule has 4 aromatic rings. The quantitative estimate of drug-likeness (QED) is 0.400. The minimum Gasteiger partial charge on any atom is -0.486 e. The molecular weight excluding hydrogens is 402 g/mol. The summed E-state index contributed by atoms with van der Waals surface area (Å²) in [5.41, 5.74) is 4.77. The van der Waals surface area contributed by atoms with Crippen molar-refractivity contribution in [1.82, 2.24) is 9.78 Å². The number of anilines is 1. The van der Waals surface area contributed by atoms with Crippen molar-refractivity contribution in [3.05, 3.63) is 101 Å². The number of hydrogen-bond donors (Lipinski definition) is 1. The van der Waals surface area contributed by atoms with Gasteiger partial charge in [-0.1, -0.05) is 49.4 Å². The van der Waals surface area contributed by atoms with E-state index in [1.165, 1.54) is 5.56 Å². The van der Waals surface area contributed by atoms with Gasteiger partial charge >= 0.3 is 0 Å². The van der Waals surface area contributed by atoms with Gasteiger partial charge in [0, 0.05) is 0 Å². The second-order valence-corrected chi connectivity index (χ2v) is 7.70. The first-order valence-corrected chi connectivity index (χ1v) is 10.7. The molecule has 6 heteroatoms. The molecular formula is C26H27N3O3. The third-order valence-corrected chi connectivity index (χ3v) is 5.39. The first-order chi connectivity index (χ1) is 15.5. The summed E-state index contributed by atoms with van der Waals surface area (Å²) in [5, 5.41) is 7.53. The van der Waals surface area contributed by atoms with Crippen molar-refractivity contribution in [1.29, 1.82) is 0 Å². The number of aryl methyl sites for hydroxylation is 2. The third-order valence-electron chi connectivity index (χ3n) is 5.39. The summed E-state index contributed by atoms with van der Waals surface area (Å²) >= 11 is 0. The van der Waals surface area contributed by atoms with Crippen molar-refractivity contribution in [3.63, 3.8) is 0 Å². The molecule has 6 nitrogen and oxygen atoms in total. The van der Waals surface area contributed by atoms with Crippen LogP contribution in [0.2, 0.25) is 0 Å². The smallest absolute Gasteiger partial charge is 0.291 e. The minimum absolute atomic E-state index is 0.236. The zero-order valence-electron chi connectivity index (χ0n) is 18.6. The number of carbonyl (C=O) groups is 1. The topological polar surface area (TPSA) is 69.3 Å². The van der Waals surface area contributed by atoms with Gasteiger partial charge in [-0.3, -0.25) is 9.48 Å². The molecule has 0 aliphatic rings. The van der Waals surface area contributed by atoms with E-state index >= 15 is 0 Å². The highest BCUT2D eigenvalue weighted by Crippen LogP contribution is 2.22. The summed E-state index contributed by atoms with van der Waals surface area (Å²) < 4.78 is 13.4. The van der Waals surface area contributed by atoms with E-state index in [-0.39, 0.29) is 18.3 Å². The lowest BCUT2D eigenvalue weighted by atomic mass is 10.2.